The Bertz CT molecular complexity index is 824. The summed E-state index contributed by atoms with van der Waals surface area (Å²) in [6, 6.07) is 1.95. The maximum Gasteiger partial charge on any atom is 0.252 e. The fraction of sp³-hybridized carbons (Fsp3) is 0.632. The average Bonchev–Trinajstić information content (AvgIpc) is 3.29. The van der Waals surface area contributed by atoms with E-state index in [4.69, 9.17) is 15.8 Å². The van der Waals surface area contributed by atoms with Crippen LogP contribution in [0.4, 0.5) is 0 Å². The van der Waals surface area contributed by atoms with Crippen LogP contribution in [0, 0.1) is 6.92 Å². The monoisotopic (exact) mass is 343 g/mol. The van der Waals surface area contributed by atoms with E-state index in [0.717, 1.165) is 35.3 Å². The number of fused-ring (bicyclic) bond motifs is 1. The van der Waals surface area contributed by atoms with Crippen LogP contribution in [-0.4, -0.2) is 32.8 Å². The van der Waals surface area contributed by atoms with Gasteiger partial charge in [-0.3, -0.25) is 4.79 Å². The van der Waals surface area contributed by atoms with E-state index in [-0.39, 0.29) is 11.4 Å². The molecule has 1 saturated carbocycles. The molecule has 1 aliphatic rings. The lowest BCUT2D eigenvalue weighted by atomic mass is 10.0. The van der Waals surface area contributed by atoms with Crippen molar-refractivity contribution in [2.45, 2.75) is 71.4 Å². The SMILES string of the molecule is Cc1nn(C(C)(C)C)c2nc(C3CC3)cc(C(=O)NC(C)(C)CN)c12. The maximum absolute atomic E-state index is 13.0. The van der Waals surface area contributed by atoms with Crippen LogP contribution in [0.2, 0.25) is 0 Å². The third kappa shape index (κ3) is 3.40. The molecule has 6 heteroatoms. The summed E-state index contributed by atoms with van der Waals surface area (Å²) in [7, 11) is 0. The first kappa shape index (κ1) is 17.9. The number of carbonyl (C=O) groups excluding carboxylic acids is 1. The van der Waals surface area contributed by atoms with Gasteiger partial charge in [0.2, 0.25) is 0 Å². The number of amides is 1. The molecule has 25 heavy (non-hydrogen) atoms. The van der Waals surface area contributed by atoms with E-state index in [0.29, 0.717) is 18.0 Å². The molecule has 6 nitrogen and oxygen atoms in total. The predicted octanol–water partition coefficient (Wildman–Crippen LogP) is 2.84. The van der Waals surface area contributed by atoms with Crippen molar-refractivity contribution in [1.29, 1.82) is 0 Å². The van der Waals surface area contributed by atoms with Gasteiger partial charge in [0.15, 0.2) is 5.65 Å². The molecule has 0 aromatic carbocycles. The van der Waals surface area contributed by atoms with E-state index in [1.54, 1.807) is 0 Å². The van der Waals surface area contributed by atoms with Gasteiger partial charge >= 0.3 is 0 Å². The molecule has 0 spiro atoms. The van der Waals surface area contributed by atoms with Gasteiger partial charge in [0.05, 0.1) is 22.2 Å². The summed E-state index contributed by atoms with van der Waals surface area (Å²) in [5.41, 5.74) is 8.39. The fourth-order valence-corrected chi connectivity index (χ4v) is 2.97. The van der Waals surface area contributed by atoms with Crippen molar-refractivity contribution >= 4 is 16.9 Å². The number of hydrogen-bond acceptors (Lipinski definition) is 4. The van der Waals surface area contributed by atoms with Crippen LogP contribution in [0.1, 0.15) is 75.1 Å². The highest BCUT2D eigenvalue weighted by Gasteiger charge is 2.31. The van der Waals surface area contributed by atoms with E-state index in [2.05, 4.69) is 26.1 Å². The minimum absolute atomic E-state index is 0.110. The van der Waals surface area contributed by atoms with Gasteiger partial charge in [0.25, 0.3) is 5.91 Å². The minimum Gasteiger partial charge on any atom is -0.346 e. The number of carbonyl (C=O) groups is 1. The molecule has 3 rings (SSSR count). The molecule has 0 saturated heterocycles. The lowest BCUT2D eigenvalue weighted by Crippen LogP contribution is -2.48. The van der Waals surface area contributed by atoms with Gasteiger partial charge < -0.3 is 11.1 Å². The van der Waals surface area contributed by atoms with Crippen molar-refractivity contribution in [3.63, 3.8) is 0 Å². The summed E-state index contributed by atoms with van der Waals surface area (Å²) in [6.07, 6.45) is 2.27. The van der Waals surface area contributed by atoms with Crippen molar-refractivity contribution < 1.29 is 4.79 Å². The lowest BCUT2D eigenvalue weighted by Gasteiger charge is -2.24. The Morgan fingerprint density at radius 3 is 2.48 bits per heavy atom. The molecule has 1 amide bonds. The predicted molar refractivity (Wildman–Crippen MR) is 99.8 cm³/mol. The Morgan fingerprint density at radius 1 is 1.32 bits per heavy atom. The Hall–Kier alpha value is -1.95. The summed E-state index contributed by atoms with van der Waals surface area (Å²) in [6.45, 7) is 12.5. The summed E-state index contributed by atoms with van der Waals surface area (Å²) in [5, 5.41) is 8.58. The first-order valence-corrected chi connectivity index (χ1v) is 8.97. The molecule has 1 fully saturated rings. The number of pyridine rings is 1. The van der Waals surface area contributed by atoms with Crippen LogP contribution < -0.4 is 11.1 Å². The van der Waals surface area contributed by atoms with Crippen LogP contribution in [0.25, 0.3) is 11.0 Å². The standard InChI is InChI=1S/C19H29N5O/c1-11-15-13(17(25)22-19(5,6)10-20)9-14(12-7-8-12)21-16(15)24(23-11)18(2,3)4/h9,12H,7-8,10,20H2,1-6H3,(H,22,25). The first-order chi connectivity index (χ1) is 11.5. The summed E-state index contributed by atoms with van der Waals surface area (Å²) in [4.78, 5) is 17.9. The molecule has 0 unspecified atom stereocenters. The Morgan fingerprint density at radius 2 is 1.96 bits per heavy atom. The zero-order valence-electron chi connectivity index (χ0n) is 16.1. The van der Waals surface area contributed by atoms with Gasteiger partial charge in [-0.25, -0.2) is 9.67 Å². The van der Waals surface area contributed by atoms with Crippen molar-refractivity contribution in [2.24, 2.45) is 5.73 Å². The summed E-state index contributed by atoms with van der Waals surface area (Å²) in [5.74, 6) is 0.350. The van der Waals surface area contributed by atoms with E-state index in [9.17, 15) is 4.79 Å². The van der Waals surface area contributed by atoms with Gasteiger partial charge in [-0.2, -0.15) is 5.10 Å². The third-order valence-electron chi connectivity index (χ3n) is 4.67. The van der Waals surface area contributed by atoms with Gasteiger partial charge in [0.1, 0.15) is 0 Å². The number of nitrogens with one attached hydrogen (secondary N) is 1. The Labute approximate surface area is 149 Å². The molecule has 0 bridgehead atoms. The molecule has 1 aliphatic carbocycles. The van der Waals surface area contributed by atoms with Gasteiger partial charge in [-0.1, -0.05) is 0 Å². The van der Waals surface area contributed by atoms with Crippen LogP contribution >= 0.6 is 0 Å². The molecule has 136 valence electrons. The fourth-order valence-electron chi connectivity index (χ4n) is 2.97. The van der Waals surface area contributed by atoms with Crippen molar-refractivity contribution in [3.05, 3.63) is 23.0 Å². The molecule has 2 heterocycles. The highest BCUT2D eigenvalue weighted by molar-refractivity contribution is 6.07. The highest BCUT2D eigenvalue weighted by atomic mass is 16.1. The van der Waals surface area contributed by atoms with E-state index in [1.165, 1.54) is 0 Å². The summed E-state index contributed by atoms with van der Waals surface area (Å²) < 4.78 is 1.94. The zero-order valence-corrected chi connectivity index (χ0v) is 16.1. The third-order valence-corrected chi connectivity index (χ3v) is 4.67. The average molecular weight is 343 g/mol. The number of nitrogens with two attached hydrogens (primary N) is 1. The van der Waals surface area contributed by atoms with Crippen molar-refractivity contribution in [2.75, 3.05) is 6.54 Å². The zero-order chi connectivity index (χ0) is 18.6. The normalized spacial score (nSPS) is 15.6. The van der Waals surface area contributed by atoms with E-state index in [1.807, 2.05) is 31.5 Å². The number of nitrogens with zero attached hydrogens (tertiary/aromatic N) is 3. The van der Waals surface area contributed by atoms with Crippen LogP contribution in [0.15, 0.2) is 6.07 Å². The van der Waals surface area contributed by atoms with Crippen LogP contribution in [-0.2, 0) is 5.54 Å². The largest absolute Gasteiger partial charge is 0.346 e. The number of rotatable bonds is 4. The van der Waals surface area contributed by atoms with Gasteiger partial charge in [-0.05, 0) is 60.5 Å². The van der Waals surface area contributed by atoms with E-state index >= 15 is 0 Å². The number of aryl methyl sites for hydroxylation is 1. The van der Waals surface area contributed by atoms with E-state index < -0.39 is 5.54 Å². The topological polar surface area (TPSA) is 85.8 Å². The smallest absolute Gasteiger partial charge is 0.252 e. The quantitative estimate of drug-likeness (QED) is 0.894. The van der Waals surface area contributed by atoms with Crippen molar-refractivity contribution in [3.8, 4) is 0 Å². The molecule has 2 aromatic rings. The molecular formula is C19H29N5O. The van der Waals surface area contributed by atoms with Crippen molar-refractivity contribution in [1.82, 2.24) is 20.1 Å². The molecule has 0 aliphatic heterocycles. The lowest BCUT2D eigenvalue weighted by molar-refractivity contribution is 0.0917. The van der Waals surface area contributed by atoms with Crippen LogP contribution in [0.5, 0.6) is 0 Å². The van der Waals surface area contributed by atoms with Gasteiger partial charge in [-0.15, -0.1) is 0 Å². The molecule has 0 radical (unpaired) electrons. The second-order valence-corrected chi connectivity index (χ2v) is 8.78. The second kappa shape index (κ2) is 5.80. The molecule has 3 N–H and O–H groups in total. The minimum atomic E-state index is -0.458. The second-order valence-electron chi connectivity index (χ2n) is 8.78. The molecule has 2 aromatic heterocycles. The number of aromatic nitrogens is 3. The van der Waals surface area contributed by atoms with Crippen LogP contribution in [0.3, 0.4) is 0 Å². The summed E-state index contributed by atoms with van der Waals surface area (Å²) >= 11 is 0. The molecular weight excluding hydrogens is 314 g/mol. The maximum atomic E-state index is 13.0. The number of hydrogen-bond donors (Lipinski definition) is 2. The Kier molecular flexibility index (Phi) is 4.14. The Balaban J connectivity index is 2.20. The van der Waals surface area contributed by atoms with Gasteiger partial charge in [0, 0.05) is 23.7 Å². The molecule has 0 atom stereocenters. The highest BCUT2D eigenvalue weighted by Crippen LogP contribution is 2.41. The first-order valence-electron chi connectivity index (χ1n) is 8.97.